The molecule has 4 aliphatic rings. The highest BCUT2D eigenvalue weighted by Gasteiger charge is 2.70. The standard InChI is InChI=1S/C22H26N4/c1-25-13-11-21(15-7-3-5-9-17(15)23-19(21)25)22-12-14-26(2)20(22)24-18-10-6-4-8-16(18)22/h3-10,19-20,23-24H,11-14H2,1-2H3/t19-,20+,21-,22-/m1/s1. The highest BCUT2D eigenvalue weighted by molar-refractivity contribution is 5.72. The molecule has 26 heavy (non-hydrogen) atoms. The Hall–Kier alpha value is -2.04. The average Bonchev–Trinajstić information content (AvgIpc) is 3.36. The fourth-order valence-corrected chi connectivity index (χ4v) is 6.73. The maximum atomic E-state index is 3.90. The minimum Gasteiger partial charge on any atom is -0.369 e. The number of likely N-dealkylation sites (tertiary alicyclic amines) is 2. The second kappa shape index (κ2) is 4.81. The first-order valence-electron chi connectivity index (χ1n) is 9.81. The van der Waals surface area contributed by atoms with E-state index in [9.17, 15) is 0 Å². The number of hydrogen-bond acceptors (Lipinski definition) is 4. The van der Waals surface area contributed by atoms with Crippen LogP contribution < -0.4 is 10.6 Å². The Kier molecular flexibility index (Phi) is 2.79. The van der Waals surface area contributed by atoms with Gasteiger partial charge in [0.05, 0.1) is 12.3 Å². The predicted octanol–water partition coefficient (Wildman–Crippen LogP) is 3.04. The van der Waals surface area contributed by atoms with Gasteiger partial charge in [-0.05, 0) is 50.2 Å². The molecule has 0 aromatic heterocycles. The molecule has 4 nitrogen and oxygen atoms in total. The van der Waals surface area contributed by atoms with Crippen molar-refractivity contribution in [1.82, 2.24) is 9.80 Å². The van der Waals surface area contributed by atoms with Gasteiger partial charge in [-0.25, -0.2) is 0 Å². The lowest BCUT2D eigenvalue weighted by Gasteiger charge is -2.48. The van der Waals surface area contributed by atoms with Gasteiger partial charge in [-0.2, -0.15) is 0 Å². The number of fused-ring (bicyclic) bond motifs is 7. The molecule has 6 rings (SSSR count). The van der Waals surface area contributed by atoms with Gasteiger partial charge < -0.3 is 10.6 Å². The minimum absolute atomic E-state index is 0.105. The number of rotatable bonds is 1. The summed E-state index contributed by atoms with van der Waals surface area (Å²) in [4.78, 5) is 5.07. The third-order valence-corrected chi connectivity index (χ3v) is 7.73. The van der Waals surface area contributed by atoms with Crippen LogP contribution in [-0.4, -0.2) is 49.3 Å². The summed E-state index contributed by atoms with van der Waals surface area (Å²) in [5.41, 5.74) is 5.91. The topological polar surface area (TPSA) is 30.5 Å². The molecule has 4 heteroatoms. The van der Waals surface area contributed by atoms with Crippen LogP contribution in [0.5, 0.6) is 0 Å². The first-order chi connectivity index (χ1) is 12.7. The van der Waals surface area contributed by atoms with Crippen LogP contribution in [0.25, 0.3) is 0 Å². The number of nitrogens with zero attached hydrogens (tertiary/aromatic N) is 2. The molecule has 2 N–H and O–H groups in total. The van der Waals surface area contributed by atoms with Crippen molar-refractivity contribution in [2.75, 3.05) is 37.8 Å². The number of likely N-dealkylation sites (N-methyl/N-ethyl adjacent to an activating group) is 2. The summed E-state index contributed by atoms with van der Waals surface area (Å²) in [5.74, 6) is 0. The van der Waals surface area contributed by atoms with Crippen LogP contribution in [0.4, 0.5) is 11.4 Å². The van der Waals surface area contributed by atoms with E-state index < -0.39 is 0 Å². The monoisotopic (exact) mass is 346 g/mol. The lowest BCUT2D eigenvalue weighted by molar-refractivity contribution is 0.147. The molecule has 0 unspecified atom stereocenters. The molecule has 2 fully saturated rings. The van der Waals surface area contributed by atoms with Crippen LogP contribution in [0.1, 0.15) is 24.0 Å². The average molecular weight is 346 g/mol. The highest BCUT2D eigenvalue weighted by Crippen LogP contribution is 2.65. The molecule has 2 aromatic rings. The second-order valence-electron chi connectivity index (χ2n) is 8.59. The highest BCUT2D eigenvalue weighted by atomic mass is 15.4. The van der Waals surface area contributed by atoms with Crippen LogP contribution >= 0.6 is 0 Å². The van der Waals surface area contributed by atoms with Crippen molar-refractivity contribution in [2.45, 2.75) is 36.0 Å². The summed E-state index contributed by atoms with van der Waals surface area (Å²) < 4.78 is 0. The fourth-order valence-electron chi connectivity index (χ4n) is 6.73. The van der Waals surface area contributed by atoms with E-state index in [0.29, 0.717) is 12.3 Å². The molecule has 0 bridgehead atoms. The summed E-state index contributed by atoms with van der Waals surface area (Å²) >= 11 is 0. The van der Waals surface area contributed by atoms with Crippen molar-refractivity contribution in [1.29, 1.82) is 0 Å². The maximum Gasteiger partial charge on any atom is 0.0901 e. The Morgan fingerprint density at radius 3 is 1.62 bits per heavy atom. The van der Waals surface area contributed by atoms with E-state index in [1.165, 1.54) is 35.3 Å². The summed E-state index contributed by atoms with van der Waals surface area (Å²) in [7, 11) is 4.56. The van der Waals surface area contributed by atoms with E-state index in [0.717, 1.165) is 13.1 Å². The van der Waals surface area contributed by atoms with Gasteiger partial charge in [0, 0.05) is 35.3 Å². The molecule has 134 valence electrons. The Bertz CT molecular complexity index is 822. The molecule has 4 atom stereocenters. The van der Waals surface area contributed by atoms with E-state index in [4.69, 9.17) is 0 Å². The molecule has 4 heterocycles. The van der Waals surface area contributed by atoms with Crippen molar-refractivity contribution >= 4 is 11.4 Å². The SMILES string of the molecule is CN1CC[C@@]2([C@@]34CCN(C)[C@@H]3Nc3ccccc34)c3ccccc3N[C@H]12. The molecular formula is C22H26N4. The van der Waals surface area contributed by atoms with Gasteiger partial charge in [-0.3, -0.25) is 9.80 Å². The summed E-state index contributed by atoms with van der Waals surface area (Å²) in [6.07, 6.45) is 3.14. The zero-order chi connectivity index (χ0) is 17.5. The number of nitrogens with one attached hydrogen (secondary N) is 2. The molecule has 2 aromatic carbocycles. The summed E-state index contributed by atoms with van der Waals surface area (Å²) in [6.45, 7) is 2.29. The van der Waals surface area contributed by atoms with Crippen LogP contribution in [-0.2, 0) is 10.8 Å². The fraction of sp³-hybridized carbons (Fsp3) is 0.455. The van der Waals surface area contributed by atoms with Crippen LogP contribution in [0.3, 0.4) is 0 Å². The Morgan fingerprint density at radius 2 is 1.15 bits per heavy atom. The third kappa shape index (κ3) is 1.47. The van der Waals surface area contributed by atoms with Crippen LogP contribution in [0.15, 0.2) is 48.5 Å². The van der Waals surface area contributed by atoms with E-state index >= 15 is 0 Å². The molecule has 0 amide bonds. The van der Waals surface area contributed by atoms with Gasteiger partial charge >= 0.3 is 0 Å². The molecule has 0 saturated carbocycles. The van der Waals surface area contributed by atoms with Gasteiger partial charge in [-0.15, -0.1) is 0 Å². The van der Waals surface area contributed by atoms with Crippen LogP contribution in [0.2, 0.25) is 0 Å². The lowest BCUT2D eigenvalue weighted by atomic mass is 9.55. The number of para-hydroxylation sites is 2. The van der Waals surface area contributed by atoms with Gasteiger partial charge in [-0.1, -0.05) is 36.4 Å². The van der Waals surface area contributed by atoms with E-state index in [2.05, 4.69) is 83.1 Å². The van der Waals surface area contributed by atoms with E-state index in [-0.39, 0.29) is 10.8 Å². The Labute approximate surface area is 155 Å². The molecular weight excluding hydrogens is 320 g/mol. The van der Waals surface area contributed by atoms with Crippen molar-refractivity contribution in [3.63, 3.8) is 0 Å². The van der Waals surface area contributed by atoms with Crippen molar-refractivity contribution in [2.24, 2.45) is 0 Å². The quantitative estimate of drug-likeness (QED) is 0.831. The maximum absolute atomic E-state index is 3.90. The van der Waals surface area contributed by atoms with Crippen molar-refractivity contribution in [3.05, 3.63) is 59.7 Å². The Morgan fingerprint density at radius 1 is 0.731 bits per heavy atom. The van der Waals surface area contributed by atoms with Gasteiger partial charge in [0.2, 0.25) is 0 Å². The molecule has 0 radical (unpaired) electrons. The molecule has 0 spiro atoms. The molecule has 0 aliphatic carbocycles. The minimum atomic E-state index is 0.105. The Balaban J connectivity index is 1.68. The van der Waals surface area contributed by atoms with E-state index in [1.54, 1.807) is 0 Å². The first kappa shape index (κ1) is 15.1. The normalized spacial score (nSPS) is 37.6. The van der Waals surface area contributed by atoms with Gasteiger partial charge in [0.25, 0.3) is 0 Å². The molecule has 4 aliphatic heterocycles. The predicted molar refractivity (Wildman–Crippen MR) is 106 cm³/mol. The first-order valence-corrected chi connectivity index (χ1v) is 9.81. The smallest absolute Gasteiger partial charge is 0.0901 e. The zero-order valence-electron chi connectivity index (χ0n) is 15.5. The van der Waals surface area contributed by atoms with Crippen molar-refractivity contribution in [3.8, 4) is 0 Å². The number of benzene rings is 2. The lowest BCUT2D eigenvalue weighted by Crippen LogP contribution is -2.60. The number of hydrogen-bond donors (Lipinski definition) is 2. The number of anilines is 2. The van der Waals surface area contributed by atoms with Gasteiger partial charge in [0.1, 0.15) is 0 Å². The summed E-state index contributed by atoms with van der Waals surface area (Å²) in [6, 6.07) is 18.1. The molecule has 2 saturated heterocycles. The zero-order valence-corrected chi connectivity index (χ0v) is 15.5. The third-order valence-electron chi connectivity index (χ3n) is 7.73. The van der Waals surface area contributed by atoms with Crippen molar-refractivity contribution < 1.29 is 0 Å². The second-order valence-corrected chi connectivity index (χ2v) is 8.59. The van der Waals surface area contributed by atoms with Gasteiger partial charge in [0.15, 0.2) is 0 Å². The van der Waals surface area contributed by atoms with E-state index in [1.807, 2.05) is 0 Å². The summed E-state index contributed by atoms with van der Waals surface area (Å²) in [5, 5.41) is 7.79. The van der Waals surface area contributed by atoms with Crippen LogP contribution in [0, 0.1) is 0 Å². The largest absolute Gasteiger partial charge is 0.369 e.